The molecule has 5 heteroatoms. The lowest BCUT2D eigenvalue weighted by Crippen LogP contribution is -2.12. The van der Waals surface area contributed by atoms with Gasteiger partial charge in [0.2, 0.25) is 5.91 Å². The van der Waals surface area contributed by atoms with Gasteiger partial charge in [-0.05, 0) is 79.6 Å². The van der Waals surface area contributed by atoms with Crippen LogP contribution in [-0.2, 0) is 4.79 Å². The minimum atomic E-state index is -0.0457. The van der Waals surface area contributed by atoms with E-state index in [1.54, 1.807) is 7.11 Å². The van der Waals surface area contributed by atoms with Crippen molar-refractivity contribution in [2.45, 2.75) is 19.8 Å². The Morgan fingerprint density at radius 2 is 1.55 bits per heavy atom. The van der Waals surface area contributed by atoms with E-state index in [4.69, 9.17) is 14.2 Å². The molecule has 0 bridgehead atoms. The Morgan fingerprint density at radius 3 is 2.24 bits per heavy atom. The lowest BCUT2D eigenvalue weighted by atomic mass is 10.2. The number of nitrogens with one attached hydrogen (secondary N) is 1. The average Bonchev–Trinajstić information content (AvgIpc) is 2.73. The maximum atomic E-state index is 12.1. The van der Waals surface area contributed by atoms with E-state index in [1.165, 1.54) is 0 Å². The highest BCUT2D eigenvalue weighted by Crippen LogP contribution is 2.24. The van der Waals surface area contributed by atoms with Gasteiger partial charge in [0.25, 0.3) is 0 Å². The van der Waals surface area contributed by atoms with Crippen LogP contribution in [0.15, 0.2) is 72.8 Å². The summed E-state index contributed by atoms with van der Waals surface area (Å²) in [5, 5.41) is 2.89. The van der Waals surface area contributed by atoms with Crippen LogP contribution >= 0.6 is 0 Å². The highest BCUT2D eigenvalue weighted by atomic mass is 16.5. The van der Waals surface area contributed by atoms with Crippen LogP contribution in [0.4, 0.5) is 5.69 Å². The van der Waals surface area contributed by atoms with Crippen LogP contribution in [0.3, 0.4) is 0 Å². The number of carbonyl (C=O) groups excluding carboxylic acids is 1. The molecule has 3 aromatic rings. The number of amides is 1. The van der Waals surface area contributed by atoms with Gasteiger partial charge in [-0.2, -0.15) is 0 Å². The second-order valence-corrected chi connectivity index (χ2v) is 6.62. The van der Waals surface area contributed by atoms with Gasteiger partial charge in [-0.15, -0.1) is 0 Å². The number of ether oxygens (including phenoxy) is 3. The molecule has 1 N–H and O–H groups in total. The van der Waals surface area contributed by atoms with Crippen LogP contribution in [0.2, 0.25) is 0 Å². The Hall–Kier alpha value is -3.47. The van der Waals surface area contributed by atoms with Gasteiger partial charge in [-0.1, -0.05) is 12.1 Å². The van der Waals surface area contributed by atoms with Gasteiger partial charge in [0.15, 0.2) is 0 Å². The second kappa shape index (κ2) is 10.2. The number of carbonyl (C=O) groups is 1. The van der Waals surface area contributed by atoms with Crippen LogP contribution in [0.1, 0.15) is 18.4 Å². The molecule has 0 aliphatic carbocycles. The molecule has 0 spiro atoms. The Kier molecular flexibility index (Phi) is 7.11. The van der Waals surface area contributed by atoms with Crippen LogP contribution in [-0.4, -0.2) is 19.6 Å². The van der Waals surface area contributed by atoms with Crippen LogP contribution in [0.25, 0.3) is 0 Å². The first-order chi connectivity index (χ1) is 14.1. The zero-order valence-electron chi connectivity index (χ0n) is 16.7. The third kappa shape index (κ3) is 6.57. The fraction of sp³-hybridized carbons (Fsp3) is 0.208. The van der Waals surface area contributed by atoms with Gasteiger partial charge >= 0.3 is 0 Å². The third-order valence-electron chi connectivity index (χ3n) is 4.24. The Morgan fingerprint density at radius 1 is 0.862 bits per heavy atom. The molecule has 0 aliphatic rings. The molecule has 0 heterocycles. The number of anilines is 1. The molecule has 0 atom stereocenters. The summed E-state index contributed by atoms with van der Waals surface area (Å²) in [5.41, 5.74) is 1.88. The quantitative estimate of drug-likeness (QED) is 0.483. The molecule has 1 amide bonds. The summed E-state index contributed by atoms with van der Waals surface area (Å²) in [6.07, 6.45) is 1.02. The summed E-state index contributed by atoms with van der Waals surface area (Å²) in [5.74, 6) is 3.01. The first-order valence-corrected chi connectivity index (χ1v) is 9.54. The van der Waals surface area contributed by atoms with Gasteiger partial charge in [0.1, 0.15) is 23.0 Å². The molecular weight excluding hydrogens is 366 g/mol. The average molecular weight is 391 g/mol. The van der Waals surface area contributed by atoms with Crippen molar-refractivity contribution in [2.75, 3.05) is 19.0 Å². The maximum Gasteiger partial charge on any atom is 0.224 e. The summed E-state index contributed by atoms with van der Waals surface area (Å²) in [6.45, 7) is 2.50. The molecule has 0 saturated heterocycles. The summed E-state index contributed by atoms with van der Waals surface area (Å²) >= 11 is 0. The van der Waals surface area contributed by atoms with E-state index in [2.05, 4.69) is 5.32 Å². The first-order valence-electron chi connectivity index (χ1n) is 9.54. The van der Waals surface area contributed by atoms with Gasteiger partial charge in [0, 0.05) is 12.1 Å². The standard InChI is InChI=1S/C24H25NO4/c1-18-5-3-6-23(17-18)29-22-10-8-19(9-11-22)25-24(26)7-4-16-28-21-14-12-20(27-2)13-15-21/h3,5-6,8-15,17H,4,7,16H2,1-2H3,(H,25,26). The third-order valence-corrected chi connectivity index (χ3v) is 4.24. The van der Waals surface area contributed by atoms with E-state index in [1.807, 2.05) is 79.7 Å². The van der Waals surface area contributed by atoms with E-state index in [-0.39, 0.29) is 5.91 Å². The predicted octanol–water partition coefficient (Wildman–Crippen LogP) is 5.59. The minimum Gasteiger partial charge on any atom is -0.497 e. The van der Waals surface area contributed by atoms with Crippen LogP contribution < -0.4 is 19.5 Å². The fourth-order valence-corrected chi connectivity index (χ4v) is 2.74. The van der Waals surface area contributed by atoms with E-state index in [0.717, 1.165) is 34.2 Å². The van der Waals surface area contributed by atoms with E-state index < -0.39 is 0 Å². The predicted molar refractivity (Wildman–Crippen MR) is 114 cm³/mol. The zero-order valence-corrected chi connectivity index (χ0v) is 16.7. The largest absolute Gasteiger partial charge is 0.497 e. The zero-order chi connectivity index (χ0) is 20.5. The summed E-state index contributed by atoms with van der Waals surface area (Å²) in [4.78, 5) is 12.1. The van der Waals surface area contributed by atoms with Crippen molar-refractivity contribution >= 4 is 11.6 Å². The van der Waals surface area contributed by atoms with Crippen molar-refractivity contribution in [3.63, 3.8) is 0 Å². The molecule has 0 aromatic heterocycles. The molecule has 5 nitrogen and oxygen atoms in total. The number of aryl methyl sites for hydroxylation is 1. The number of hydrogen-bond acceptors (Lipinski definition) is 4. The van der Waals surface area contributed by atoms with Crippen LogP contribution in [0.5, 0.6) is 23.0 Å². The van der Waals surface area contributed by atoms with Crippen molar-refractivity contribution in [3.8, 4) is 23.0 Å². The molecule has 0 radical (unpaired) electrons. The molecule has 0 aliphatic heterocycles. The first kappa shape index (κ1) is 20.3. The van der Waals surface area contributed by atoms with Crippen molar-refractivity contribution < 1.29 is 19.0 Å². The Labute approximate surface area is 171 Å². The van der Waals surface area contributed by atoms with Gasteiger partial charge < -0.3 is 19.5 Å². The number of methoxy groups -OCH3 is 1. The molecule has 3 rings (SSSR count). The number of rotatable bonds is 9. The second-order valence-electron chi connectivity index (χ2n) is 6.62. The van der Waals surface area contributed by atoms with E-state index in [9.17, 15) is 4.79 Å². The smallest absolute Gasteiger partial charge is 0.224 e. The molecule has 3 aromatic carbocycles. The highest BCUT2D eigenvalue weighted by Gasteiger charge is 2.04. The Balaban J connectivity index is 1.39. The molecule has 0 unspecified atom stereocenters. The van der Waals surface area contributed by atoms with Gasteiger partial charge in [0.05, 0.1) is 13.7 Å². The lowest BCUT2D eigenvalue weighted by molar-refractivity contribution is -0.116. The monoisotopic (exact) mass is 391 g/mol. The highest BCUT2D eigenvalue weighted by molar-refractivity contribution is 5.90. The van der Waals surface area contributed by atoms with E-state index in [0.29, 0.717) is 19.4 Å². The van der Waals surface area contributed by atoms with Crippen molar-refractivity contribution in [1.82, 2.24) is 0 Å². The SMILES string of the molecule is COc1ccc(OCCCC(=O)Nc2ccc(Oc3cccc(C)c3)cc2)cc1. The van der Waals surface area contributed by atoms with E-state index >= 15 is 0 Å². The summed E-state index contributed by atoms with van der Waals surface area (Å²) < 4.78 is 16.6. The number of hydrogen-bond donors (Lipinski definition) is 1. The van der Waals surface area contributed by atoms with Crippen molar-refractivity contribution in [2.24, 2.45) is 0 Å². The fourth-order valence-electron chi connectivity index (χ4n) is 2.74. The van der Waals surface area contributed by atoms with Gasteiger partial charge in [-0.25, -0.2) is 0 Å². The van der Waals surface area contributed by atoms with Crippen molar-refractivity contribution in [3.05, 3.63) is 78.4 Å². The Bertz CT molecular complexity index is 920. The summed E-state index contributed by atoms with van der Waals surface area (Å²) in [6, 6.07) is 22.6. The number of benzene rings is 3. The maximum absolute atomic E-state index is 12.1. The molecule has 0 saturated carbocycles. The summed E-state index contributed by atoms with van der Waals surface area (Å²) in [7, 11) is 1.62. The molecule has 0 fully saturated rings. The lowest BCUT2D eigenvalue weighted by Gasteiger charge is -2.09. The minimum absolute atomic E-state index is 0.0457. The van der Waals surface area contributed by atoms with Crippen molar-refractivity contribution in [1.29, 1.82) is 0 Å². The van der Waals surface area contributed by atoms with Crippen LogP contribution in [0, 0.1) is 6.92 Å². The topological polar surface area (TPSA) is 56.8 Å². The molecule has 29 heavy (non-hydrogen) atoms. The van der Waals surface area contributed by atoms with Gasteiger partial charge in [-0.3, -0.25) is 4.79 Å². The molecule has 150 valence electrons. The normalized spacial score (nSPS) is 10.3. The molecular formula is C24H25NO4.